The molecule has 114 valence electrons. The minimum absolute atomic E-state index is 0.0189. The van der Waals surface area contributed by atoms with Crippen molar-refractivity contribution in [2.45, 2.75) is 0 Å². The summed E-state index contributed by atoms with van der Waals surface area (Å²) in [6, 6.07) is 8.81. The second kappa shape index (κ2) is 7.14. The Balaban J connectivity index is 2.06. The molecule has 0 spiro atoms. The van der Waals surface area contributed by atoms with Gasteiger partial charge in [0.1, 0.15) is 23.9 Å². The molecule has 0 fully saturated rings. The maximum Gasteiger partial charge on any atom is 0.269 e. The van der Waals surface area contributed by atoms with Crippen molar-refractivity contribution in [3.05, 3.63) is 52.7 Å². The molecular formula is C14H13N3O5. The Morgan fingerprint density at radius 1 is 1.27 bits per heavy atom. The summed E-state index contributed by atoms with van der Waals surface area (Å²) in [5.74, 6) is 0.867. The minimum Gasteiger partial charge on any atom is -0.457 e. The highest BCUT2D eigenvalue weighted by Gasteiger charge is 2.07. The van der Waals surface area contributed by atoms with Gasteiger partial charge in [0.15, 0.2) is 0 Å². The van der Waals surface area contributed by atoms with Crippen LogP contribution < -0.4 is 10.1 Å². The smallest absolute Gasteiger partial charge is 0.269 e. The molecule has 1 heterocycles. The van der Waals surface area contributed by atoms with Crippen molar-refractivity contribution in [2.24, 2.45) is 0 Å². The van der Waals surface area contributed by atoms with Crippen molar-refractivity contribution < 1.29 is 19.2 Å². The molecule has 0 aliphatic heterocycles. The Labute approximate surface area is 125 Å². The number of rotatable bonds is 6. The van der Waals surface area contributed by atoms with Gasteiger partial charge in [-0.15, -0.1) is 0 Å². The number of nitrogens with one attached hydrogen (secondary N) is 1. The second-order valence-corrected chi connectivity index (χ2v) is 4.21. The lowest BCUT2D eigenvalue weighted by molar-refractivity contribution is -0.384. The number of nitro benzene ring substituents is 1. The van der Waals surface area contributed by atoms with Crippen molar-refractivity contribution in [2.75, 3.05) is 19.0 Å². The number of aromatic nitrogens is 1. The molecule has 0 unspecified atom stereocenters. The lowest BCUT2D eigenvalue weighted by Crippen LogP contribution is -2.17. The molecule has 2 rings (SSSR count). The lowest BCUT2D eigenvalue weighted by Gasteiger charge is -2.08. The van der Waals surface area contributed by atoms with Gasteiger partial charge in [-0.05, 0) is 18.2 Å². The van der Waals surface area contributed by atoms with Crippen LogP contribution in [0.5, 0.6) is 11.5 Å². The number of hydrogen-bond acceptors (Lipinski definition) is 6. The molecule has 1 N–H and O–H groups in total. The highest BCUT2D eigenvalue weighted by Crippen LogP contribution is 2.24. The molecule has 0 atom stereocenters. The zero-order valence-electron chi connectivity index (χ0n) is 11.7. The van der Waals surface area contributed by atoms with Crippen LogP contribution in [0.1, 0.15) is 0 Å². The number of pyridine rings is 1. The lowest BCUT2D eigenvalue weighted by atomic mass is 10.3. The summed E-state index contributed by atoms with van der Waals surface area (Å²) in [6.45, 7) is -0.0743. The van der Waals surface area contributed by atoms with Gasteiger partial charge >= 0.3 is 0 Å². The fourth-order valence-corrected chi connectivity index (χ4v) is 1.63. The van der Waals surface area contributed by atoms with Crippen LogP contribution in [-0.2, 0) is 9.53 Å². The summed E-state index contributed by atoms with van der Waals surface area (Å²) >= 11 is 0. The number of nitro groups is 1. The maximum absolute atomic E-state index is 11.4. The molecule has 0 aliphatic rings. The maximum atomic E-state index is 11.4. The monoisotopic (exact) mass is 303 g/mol. The van der Waals surface area contributed by atoms with E-state index in [0.717, 1.165) is 0 Å². The standard InChI is InChI=1S/C14H13N3O5/c1-21-9-14(18)16-13-8-12(6-7-15-13)22-11-4-2-10(3-5-11)17(19)20/h2-8H,9H2,1H3,(H,15,16,18). The first-order valence-electron chi connectivity index (χ1n) is 6.25. The van der Waals surface area contributed by atoms with Crippen molar-refractivity contribution in [3.8, 4) is 11.5 Å². The van der Waals surface area contributed by atoms with E-state index in [1.54, 1.807) is 6.07 Å². The number of nitrogens with zero attached hydrogens (tertiary/aromatic N) is 2. The van der Waals surface area contributed by atoms with Gasteiger partial charge in [0.2, 0.25) is 0 Å². The van der Waals surface area contributed by atoms with Crippen molar-refractivity contribution in [3.63, 3.8) is 0 Å². The predicted molar refractivity (Wildman–Crippen MR) is 77.9 cm³/mol. The van der Waals surface area contributed by atoms with Gasteiger partial charge in [-0.1, -0.05) is 0 Å². The van der Waals surface area contributed by atoms with E-state index in [4.69, 9.17) is 9.47 Å². The molecule has 1 amide bonds. The zero-order valence-corrected chi connectivity index (χ0v) is 11.7. The molecule has 0 aliphatic carbocycles. The Bertz CT molecular complexity index is 672. The molecular weight excluding hydrogens is 290 g/mol. The third kappa shape index (κ3) is 4.25. The summed E-state index contributed by atoms with van der Waals surface area (Å²) in [4.78, 5) is 25.5. The van der Waals surface area contributed by atoms with E-state index in [9.17, 15) is 14.9 Å². The van der Waals surface area contributed by atoms with Crippen LogP contribution >= 0.6 is 0 Å². The molecule has 8 heteroatoms. The van der Waals surface area contributed by atoms with Crippen molar-refractivity contribution in [1.29, 1.82) is 0 Å². The van der Waals surface area contributed by atoms with Gasteiger partial charge in [-0.3, -0.25) is 14.9 Å². The molecule has 22 heavy (non-hydrogen) atoms. The summed E-state index contributed by atoms with van der Waals surface area (Å²) in [5.41, 5.74) is -0.0189. The second-order valence-electron chi connectivity index (χ2n) is 4.21. The summed E-state index contributed by atoms with van der Waals surface area (Å²) < 4.78 is 10.3. The Morgan fingerprint density at radius 2 is 2.00 bits per heavy atom. The summed E-state index contributed by atoms with van der Waals surface area (Å²) in [7, 11) is 1.42. The van der Waals surface area contributed by atoms with Gasteiger partial charge in [-0.2, -0.15) is 0 Å². The van der Waals surface area contributed by atoms with Crippen LogP contribution in [0.4, 0.5) is 11.5 Å². The van der Waals surface area contributed by atoms with Gasteiger partial charge in [0.25, 0.3) is 11.6 Å². The normalized spacial score (nSPS) is 10.0. The Kier molecular flexibility index (Phi) is 4.99. The van der Waals surface area contributed by atoms with Crippen LogP contribution in [0.2, 0.25) is 0 Å². The fraction of sp³-hybridized carbons (Fsp3) is 0.143. The number of anilines is 1. The van der Waals surface area contributed by atoms with E-state index >= 15 is 0 Å². The first kappa shape index (κ1) is 15.4. The third-order valence-corrected chi connectivity index (χ3v) is 2.56. The third-order valence-electron chi connectivity index (χ3n) is 2.56. The van der Waals surface area contributed by atoms with Crippen LogP contribution in [0, 0.1) is 10.1 Å². The average molecular weight is 303 g/mol. The topological polar surface area (TPSA) is 104 Å². The van der Waals surface area contributed by atoms with Gasteiger partial charge in [0.05, 0.1) is 4.92 Å². The number of ether oxygens (including phenoxy) is 2. The average Bonchev–Trinajstić information content (AvgIpc) is 2.48. The quantitative estimate of drug-likeness (QED) is 0.649. The fourth-order valence-electron chi connectivity index (χ4n) is 1.63. The van der Waals surface area contributed by atoms with E-state index in [1.165, 1.54) is 43.6 Å². The van der Waals surface area contributed by atoms with Crippen LogP contribution in [0.25, 0.3) is 0 Å². The van der Waals surface area contributed by atoms with E-state index in [0.29, 0.717) is 17.3 Å². The first-order chi connectivity index (χ1) is 10.6. The van der Waals surface area contributed by atoms with E-state index in [2.05, 4.69) is 10.3 Å². The summed E-state index contributed by atoms with van der Waals surface area (Å²) in [6.07, 6.45) is 1.48. The van der Waals surface area contributed by atoms with Gasteiger partial charge in [0, 0.05) is 31.5 Å². The number of amides is 1. The highest BCUT2D eigenvalue weighted by molar-refractivity contribution is 5.90. The number of carbonyl (C=O) groups excluding carboxylic acids is 1. The Hall–Kier alpha value is -3.00. The molecule has 0 radical (unpaired) electrons. The highest BCUT2D eigenvalue weighted by atomic mass is 16.6. The zero-order chi connectivity index (χ0) is 15.9. The number of carbonyl (C=O) groups is 1. The molecule has 0 saturated carbocycles. The summed E-state index contributed by atoms with van der Waals surface area (Å²) in [5, 5.41) is 13.1. The van der Waals surface area contributed by atoms with Gasteiger partial charge < -0.3 is 14.8 Å². The number of benzene rings is 1. The molecule has 8 nitrogen and oxygen atoms in total. The van der Waals surface area contributed by atoms with Crippen LogP contribution in [-0.4, -0.2) is 29.5 Å². The Morgan fingerprint density at radius 3 is 2.64 bits per heavy atom. The number of non-ortho nitro benzene ring substituents is 1. The van der Waals surface area contributed by atoms with E-state index < -0.39 is 4.92 Å². The van der Waals surface area contributed by atoms with Crippen molar-refractivity contribution in [1.82, 2.24) is 4.98 Å². The van der Waals surface area contributed by atoms with Crippen LogP contribution in [0.15, 0.2) is 42.6 Å². The minimum atomic E-state index is -0.486. The number of hydrogen-bond donors (Lipinski definition) is 1. The van der Waals surface area contributed by atoms with Crippen LogP contribution in [0.3, 0.4) is 0 Å². The van der Waals surface area contributed by atoms with E-state index in [-0.39, 0.29) is 18.2 Å². The largest absolute Gasteiger partial charge is 0.457 e. The molecule has 0 saturated heterocycles. The SMILES string of the molecule is COCC(=O)Nc1cc(Oc2ccc([N+](=O)[O-])cc2)ccn1. The van der Waals surface area contributed by atoms with Gasteiger partial charge in [-0.25, -0.2) is 4.98 Å². The van der Waals surface area contributed by atoms with E-state index in [1.807, 2.05) is 0 Å². The molecule has 2 aromatic rings. The predicted octanol–water partition coefficient (Wildman–Crippen LogP) is 2.37. The molecule has 0 bridgehead atoms. The first-order valence-corrected chi connectivity index (χ1v) is 6.25. The molecule has 1 aromatic heterocycles. The molecule has 1 aromatic carbocycles. The van der Waals surface area contributed by atoms with Crippen molar-refractivity contribution >= 4 is 17.4 Å². The number of methoxy groups -OCH3 is 1.